The maximum absolute atomic E-state index is 13.1. The fraction of sp³-hybridized carbons (Fsp3) is 0.368. The number of Topliss-reactive ketones (excluding diaryl/α,β-unsaturated/α-hetero) is 3. The molecule has 3 aliphatic heterocycles. The number of ketones is 3. The normalized spacial score (nSPS) is 16.5. The van der Waals surface area contributed by atoms with Gasteiger partial charge in [0, 0.05) is 92.6 Å². The van der Waals surface area contributed by atoms with Crippen molar-refractivity contribution in [1.29, 1.82) is 0 Å². The molecule has 0 saturated heterocycles. The fourth-order valence-electron chi connectivity index (χ4n) is 10.3. The molecular formula is C68H76Br2Cl3F3N14O10. The van der Waals surface area contributed by atoms with Crippen molar-refractivity contribution in [3.63, 3.8) is 0 Å². The summed E-state index contributed by atoms with van der Waals surface area (Å²) in [6.07, 6.45) is 2.13. The molecule has 13 N–H and O–H groups in total. The lowest BCUT2D eigenvalue weighted by molar-refractivity contribution is -0.137. The lowest BCUT2D eigenvalue weighted by Crippen LogP contribution is -2.42. The average Bonchev–Trinajstić information content (AvgIpc) is 0.831. The van der Waals surface area contributed by atoms with Crippen molar-refractivity contribution in [3.8, 4) is 5.75 Å². The Labute approximate surface area is 606 Å². The van der Waals surface area contributed by atoms with Gasteiger partial charge in [0.1, 0.15) is 5.75 Å². The zero-order valence-electron chi connectivity index (χ0n) is 54.5. The number of phenols is 1. The zero-order valence-corrected chi connectivity index (χ0v) is 59.9. The molecule has 4 aromatic carbocycles. The summed E-state index contributed by atoms with van der Waals surface area (Å²) in [4.78, 5) is 95.7. The number of aromatic nitrogens is 2. The number of carbonyl (C=O) groups is 6. The van der Waals surface area contributed by atoms with Gasteiger partial charge in [-0.3, -0.25) is 53.7 Å². The van der Waals surface area contributed by atoms with E-state index in [1.165, 1.54) is 42.9 Å². The second-order valence-electron chi connectivity index (χ2n) is 23.5. The lowest BCUT2D eigenvalue weighted by Gasteiger charge is -2.20. The molecule has 0 fully saturated rings. The van der Waals surface area contributed by atoms with Crippen molar-refractivity contribution < 1.29 is 62.4 Å². The number of anilines is 3. The molecule has 0 aliphatic carbocycles. The minimum absolute atomic E-state index is 0.0109. The van der Waals surface area contributed by atoms with Gasteiger partial charge >= 0.3 is 6.18 Å². The van der Waals surface area contributed by atoms with E-state index in [0.29, 0.717) is 95.1 Å². The first-order valence-electron chi connectivity index (χ1n) is 31.8. The smallest absolute Gasteiger partial charge is 0.416 e. The Kier molecular flexibility index (Phi) is 30.4. The van der Waals surface area contributed by atoms with E-state index in [2.05, 4.69) is 105 Å². The highest BCUT2D eigenvalue weighted by molar-refractivity contribution is 9.10. The molecule has 0 radical (unpaired) electrons. The number of rotatable bonds is 24. The Morgan fingerprint density at radius 2 is 0.840 bits per heavy atom. The summed E-state index contributed by atoms with van der Waals surface area (Å²) in [5.74, 6) is -1.10. The maximum Gasteiger partial charge on any atom is 0.416 e. The van der Waals surface area contributed by atoms with E-state index in [-0.39, 0.29) is 103 Å². The summed E-state index contributed by atoms with van der Waals surface area (Å²) in [7, 11) is 0. The first-order chi connectivity index (χ1) is 47.6. The maximum atomic E-state index is 13.1. The molecule has 3 unspecified atom stereocenters. The first kappa shape index (κ1) is 79.0. The summed E-state index contributed by atoms with van der Waals surface area (Å²) in [5.41, 5.74) is 3.64. The van der Waals surface area contributed by atoms with Gasteiger partial charge in [0.05, 0.1) is 98.0 Å². The monoisotopic (exact) mass is 1570 g/mol. The minimum Gasteiger partial charge on any atom is -0.508 e. The van der Waals surface area contributed by atoms with E-state index < -0.39 is 47.8 Å². The summed E-state index contributed by atoms with van der Waals surface area (Å²) in [6.45, 7) is 7.20. The summed E-state index contributed by atoms with van der Waals surface area (Å²) >= 11 is 25.0. The van der Waals surface area contributed by atoms with E-state index in [1.807, 2.05) is 38.1 Å². The van der Waals surface area contributed by atoms with Gasteiger partial charge in [0.15, 0.2) is 35.2 Å². The number of phenolic OH excluding ortho intramolecular Hbond substituents is 1. The number of aliphatic imine (C=N–C) groups is 3. The Morgan fingerprint density at radius 1 is 0.490 bits per heavy atom. The van der Waals surface area contributed by atoms with Crippen LogP contribution in [0.3, 0.4) is 0 Å². The molecular weight excluding hydrogens is 1500 g/mol. The Morgan fingerprint density at radius 3 is 1.19 bits per heavy atom. The SMILES string of the molecule is CC[C@H](CC(=O)CNC(=O)c1cc(O)cc(NC2=NCC(O)CN2)c1)c1cc(Cl)cc(Br)c1.CC[C@H](CC(=O)CNC(=O)c1cncc(NC2=NCC(O)CN2)c1)c1cc(Cl)cc(Br)c1.CC[C@H](CC(=O)CNC(=O)c1cncc(NC2=NCC(O)CN2)c1)c1cc(Cl)cc(C(F)(F)F)c1. The number of amides is 3. The predicted molar refractivity (Wildman–Crippen MR) is 386 cm³/mol. The van der Waals surface area contributed by atoms with E-state index in [1.54, 1.807) is 37.4 Å². The average molecular weight is 1570 g/mol. The molecule has 6 aromatic rings. The van der Waals surface area contributed by atoms with E-state index in [9.17, 15) is 62.4 Å². The van der Waals surface area contributed by atoms with Crippen LogP contribution in [0.15, 0.2) is 134 Å². The van der Waals surface area contributed by atoms with Crippen LogP contribution in [0.4, 0.5) is 30.2 Å². The molecule has 3 amide bonds. The third-order valence-electron chi connectivity index (χ3n) is 15.5. The molecule has 0 saturated carbocycles. The molecule has 6 atom stereocenters. The van der Waals surface area contributed by atoms with Gasteiger partial charge in [-0.15, -0.1) is 0 Å². The molecule has 2 aromatic heterocycles. The van der Waals surface area contributed by atoms with Gasteiger partial charge in [-0.1, -0.05) is 87.4 Å². The van der Waals surface area contributed by atoms with E-state index in [4.69, 9.17) is 34.8 Å². The van der Waals surface area contributed by atoms with Crippen LogP contribution < -0.4 is 47.9 Å². The van der Waals surface area contributed by atoms with E-state index in [0.717, 1.165) is 45.0 Å². The number of nitrogens with zero attached hydrogens (tertiary/aromatic N) is 5. The number of alkyl halides is 3. The standard InChI is InChI=1S/C23H26BrClN4O4.C23H25ClF3N5O3.C22H25BrClN5O3/c1-2-13(14-3-16(24)8-17(25)4-14)6-20(31)10-26-22(33)15-5-18(9-19(30)7-15)29-23-27-11-21(32)12-28-23;1-2-13(14-3-16(23(25,26)27)7-17(24)4-14)6-19(33)10-29-21(35)15-5-18(9-28-8-15)32-22-30-11-20(34)12-31-22;1-2-13(14-3-16(23)7-17(24)4-14)6-19(30)10-26-21(32)15-5-18(9-25-8-15)29-22-27-11-20(31)12-28-22/h3-5,7-9,13,21,30,32H,2,6,10-12H2,1H3,(H,26,33)(H2,27,28,29);3-5,7-9,13,20,34H,2,6,10-12H2,1H3,(H,29,35)(H2,30,31,32);3-5,7-9,13,20,31H,2,6,10-12H2,1H3,(H,26,32)(H2,27,28,29)/t3*13-/m111/s1. The third kappa shape index (κ3) is 26.0. The van der Waals surface area contributed by atoms with E-state index >= 15 is 0 Å². The molecule has 24 nitrogen and oxygen atoms in total. The molecule has 32 heteroatoms. The highest BCUT2D eigenvalue weighted by Gasteiger charge is 2.32. The fourth-order valence-corrected chi connectivity index (χ4v) is 12.4. The van der Waals surface area contributed by atoms with Crippen LogP contribution in [0.25, 0.3) is 0 Å². The number of benzene rings is 4. The predicted octanol–water partition coefficient (Wildman–Crippen LogP) is 9.90. The molecule has 5 heterocycles. The highest BCUT2D eigenvalue weighted by atomic mass is 79.9. The molecule has 100 heavy (non-hydrogen) atoms. The minimum atomic E-state index is -4.55. The largest absolute Gasteiger partial charge is 0.508 e. The zero-order chi connectivity index (χ0) is 72.6. The number of carbonyl (C=O) groups excluding carboxylic acids is 6. The van der Waals surface area contributed by atoms with Crippen molar-refractivity contribution in [3.05, 3.63) is 173 Å². The number of aliphatic hydroxyl groups excluding tert-OH is 3. The third-order valence-corrected chi connectivity index (χ3v) is 17.1. The summed E-state index contributed by atoms with van der Waals surface area (Å²) in [5, 5.41) is 65.1. The van der Waals surface area contributed by atoms with Crippen molar-refractivity contribution in [2.75, 3.05) is 74.9 Å². The number of hydrogen-bond acceptors (Lipinski definition) is 21. The second kappa shape index (κ2) is 38.5. The van der Waals surface area contributed by atoms with Crippen LogP contribution in [-0.4, -0.2) is 161 Å². The number of pyridine rings is 2. The topological polar surface area (TPSA) is 354 Å². The van der Waals surface area contributed by atoms with Crippen molar-refractivity contribution in [2.24, 2.45) is 15.0 Å². The second-order valence-corrected chi connectivity index (χ2v) is 26.6. The molecule has 9 rings (SSSR count). The van der Waals surface area contributed by atoms with Gasteiger partial charge < -0.3 is 68.3 Å². The number of nitrogens with one attached hydrogen (secondary N) is 9. The Hall–Kier alpha value is -8.29. The Balaban J connectivity index is 0.000000211. The quantitative estimate of drug-likeness (QED) is 0.0268. The van der Waals surface area contributed by atoms with Crippen LogP contribution in [0.2, 0.25) is 15.1 Å². The molecule has 0 spiro atoms. The molecule has 3 aliphatic rings. The van der Waals surface area contributed by atoms with Crippen molar-refractivity contribution in [2.45, 2.75) is 102 Å². The van der Waals surface area contributed by atoms with Crippen LogP contribution in [0, 0.1) is 0 Å². The number of guanidine groups is 3. The van der Waals surface area contributed by atoms with Crippen molar-refractivity contribution in [1.82, 2.24) is 41.9 Å². The van der Waals surface area contributed by atoms with Crippen LogP contribution in [-0.2, 0) is 20.6 Å². The van der Waals surface area contributed by atoms with Gasteiger partial charge in [-0.05, 0) is 133 Å². The summed E-state index contributed by atoms with van der Waals surface area (Å²) in [6, 6.07) is 22.0. The van der Waals surface area contributed by atoms with Crippen LogP contribution in [0.1, 0.15) is 130 Å². The van der Waals surface area contributed by atoms with Gasteiger partial charge in [-0.25, -0.2) is 0 Å². The van der Waals surface area contributed by atoms with Crippen LogP contribution >= 0.6 is 66.7 Å². The number of hydrogen-bond donors (Lipinski definition) is 13. The Bertz CT molecular complexity index is 3950. The number of halogens is 8. The molecule has 534 valence electrons. The number of aromatic hydroxyl groups is 1. The molecule has 0 bridgehead atoms. The highest BCUT2D eigenvalue weighted by Crippen LogP contribution is 2.36. The van der Waals surface area contributed by atoms with Gasteiger partial charge in [0.25, 0.3) is 17.7 Å². The first-order valence-corrected chi connectivity index (χ1v) is 34.5. The van der Waals surface area contributed by atoms with Crippen molar-refractivity contribution >= 4 is 137 Å². The van der Waals surface area contributed by atoms with Gasteiger partial charge in [0.2, 0.25) is 0 Å². The van der Waals surface area contributed by atoms with Gasteiger partial charge in [-0.2, -0.15) is 13.2 Å². The number of aliphatic hydroxyl groups is 3. The van der Waals surface area contributed by atoms with Crippen LogP contribution in [0.5, 0.6) is 5.75 Å². The summed E-state index contributed by atoms with van der Waals surface area (Å²) < 4.78 is 41.1. The number of β-amino-alcohol motifs (C(OH)–C–C–N with tert-alkyl or cyclic N) is 3. The lowest BCUT2D eigenvalue weighted by atomic mass is 9.90.